The molecule has 166 valence electrons. The molecule has 2 aromatic rings. The minimum Gasteiger partial charge on any atom is -0.361 e. The van der Waals surface area contributed by atoms with Crippen LogP contribution in [0.4, 0.5) is 0 Å². The number of amides is 2. The predicted octanol–water partition coefficient (Wildman–Crippen LogP) is 3.41. The molecule has 0 aromatic carbocycles. The molecule has 2 aliphatic rings. The molecule has 0 bridgehead atoms. The van der Waals surface area contributed by atoms with Gasteiger partial charge in [-0.25, -0.2) is 0 Å². The zero-order chi connectivity index (χ0) is 22.0. The Labute approximate surface area is 183 Å². The van der Waals surface area contributed by atoms with Gasteiger partial charge in [0.2, 0.25) is 5.91 Å². The molecule has 7 heteroatoms. The fourth-order valence-corrected chi connectivity index (χ4v) is 5.42. The molecule has 3 heterocycles. The Morgan fingerprint density at radius 3 is 2.55 bits per heavy atom. The van der Waals surface area contributed by atoms with Crippen LogP contribution in [-0.2, 0) is 11.2 Å². The maximum atomic E-state index is 13.6. The Hall–Kier alpha value is -2.70. The molecular weight excluding hydrogens is 392 g/mol. The molecule has 0 radical (unpaired) electrons. The van der Waals surface area contributed by atoms with Crippen LogP contribution in [0.5, 0.6) is 0 Å². The van der Waals surface area contributed by atoms with Gasteiger partial charge in [-0.2, -0.15) is 0 Å². The Kier molecular flexibility index (Phi) is 6.12. The van der Waals surface area contributed by atoms with Gasteiger partial charge in [-0.15, -0.1) is 0 Å². The Morgan fingerprint density at radius 2 is 1.90 bits per heavy atom. The third-order valence-electron chi connectivity index (χ3n) is 7.26. The van der Waals surface area contributed by atoms with Crippen molar-refractivity contribution in [1.82, 2.24) is 19.9 Å². The first-order valence-electron chi connectivity index (χ1n) is 11.3. The number of likely N-dealkylation sites (N-methyl/N-ethyl adjacent to an activating group) is 1. The van der Waals surface area contributed by atoms with E-state index < -0.39 is 0 Å². The monoisotopic (exact) mass is 424 g/mol. The van der Waals surface area contributed by atoms with E-state index in [1.807, 2.05) is 30.7 Å². The van der Waals surface area contributed by atoms with Crippen molar-refractivity contribution in [2.45, 2.75) is 52.4 Å². The van der Waals surface area contributed by atoms with Gasteiger partial charge < -0.3 is 14.3 Å². The number of aryl methyl sites for hydroxylation is 2. The van der Waals surface area contributed by atoms with Crippen LogP contribution in [0, 0.1) is 25.2 Å². The smallest absolute Gasteiger partial charge is 0.254 e. The maximum absolute atomic E-state index is 13.6. The second kappa shape index (κ2) is 8.81. The van der Waals surface area contributed by atoms with Gasteiger partial charge in [-0.05, 0) is 45.2 Å². The van der Waals surface area contributed by atoms with Gasteiger partial charge in [0.15, 0.2) is 0 Å². The van der Waals surface area contributed by atoms with Crippen molar-refractivity contribution in [2.75, 3.05) is 26.7 Å². The largest absolute Gasteiger partial charge is 0.361 e. The van der Waals surface area contributed by atoms with E-state index in [1.165, 1.54) is 6.42 Å². The third-order valence-corrected chi connectivity index (χ3v) is 7.26. The summed E-state index contributed by atoms with van der Waals surface area (Å²) in [4.78, 5) is 34.5. The summed E-state index contributed by atoms with van der Waals surface area (Å²) >= 11 is 0. The van der Waals surface area contributed by atoms with Gasteiger partial charge in [0.1, 0.15) is 5.76 Å². The highest BCUT2D eigenvalue weighted by atomic mass is 16.5. The molecule has 1 aliphatic heterocycles. The van der Waals surface area contributed by atoms with Crippen LogP contribution >= 0.6 is 0 Å². The molecule has 4 rings (SSSR count). The molecular formula is C24H32N4O3. The van der Waals surface area contributed by atoms with Gasteiger partial charge in [-0.3, -0.25) is 14.6 Å². The molecule has 31 heavy (non-hydrogen) atoms. The molecule has 2 fully saturated rings. The molecule has 2 amide bonds. The maximum Gasteiger partial charge on any atom is 0.254 e. The van der Waals surface area contributed by atoms with E-state index in [0.717, 1.165) is 49.1 Å². The zero-order valence-electron chi connectivity index (χ0n) is 18.8. The Morgan fingerprint density at radius 1 is 1.19 bits per heavy atom. The summed E-state index contributed by atoms with van der Waals surface area (Å²) < 4.78 is 5.26. The van der Waals surface area contributed by atoms with Crippen LogP contribution in [-0.4, -0.2) is 58.4 Å². The first kappa shape index (κ1) is 21.5. The lowest BCUT2D eigenvalue weighted by atomic mass is 9.67. The first-order chi connectivity index (χ1) is 14.9. The van der Waals surface area contributed by atoms with Crippen LogP contribution in [0.2, 0.25) is 0 Å². The molecule has 1 unspecified atom stereocenters. The summed E-state index contributed by atoms with van der Waals surface area (Å²) in [6.45, 7) is 5.63. The van der Waals surface area contributed by atoms with E-state index >= 15 is 0 Å². The number of aromatic nitrogens is 2. The lowest BCUT2D eigenvalue weighted by Gasteiger charge is -2.38. The van der Waals surface area contributed by atoms with Crippen LogP contribution in [0.3, 0.4) is 0 Å². The number of nitrogens with zero attached hydrogens (tertiary/aromatic N) is 4. The summed E-state index contributed by atoms with van der Waals surface area (Å²) in [5.74, 6) is 0.824. The van der Waals surface area contributed by atoms with Gasteiger partial charge in [0.25, 0.3) is 5.91 Å². The normalized spacial score (nSPS) is 20.2. The summed E-state index contributed by atoms with van der Waals surface area (Å²) in [6.07, 6.45) is 9.51. The highest BCUT2D eigenvalue weighted by Gasteiger charge is 2.52. The minimum absolute atomic E-state index is 0.000947. The summed E-state index contributed by atoms with van der Waals surface area (Å²) in [6, 6.07) is 3.50. The van der Waals surface area contributed by atoms with Crippen molar-refractivity contribution in [3.05, 3.63) is 47.1 Å². The van der Waals surface area contributed by atoms with E-state index in [-0.39, 0.29) is 23.1 Å². The average molecular weight is 425 g/mol. The number of rotatable bonds is 5. The van der Waals surface area contributed by atoms with Crippen molar-refractivity contribution in [3.63, 3.8) is 0 Å². The molecule has 1 atom stereocenters. The SMILES string of the molecule is Cc1noc(C)c1CCN(C)C(=O)C1CN(C(=O)c2ccncc2)CC12CCCCC2. The zero-order valence-corrected chi connectivity index (χ0v) is 18.8. The van der Waals surface area contributed by atoms with Gasteiger partial charge in [0, 0.05) is 55.6 Å². The van der Waals surface area contributed by atoms with Crippen LogP contribution in [0.25, 0.3) is 0 Å². The number of pyridine rings is 1. The number of hydrogen-bond acceptors (Lipinski definition) is 5. The van der Waals surface area contributed by atoms with Crippen molar-refractivity contribution in [3.8, 4) is 0 Å². The van der Waals surface area contributed by atoms with E-state index in [0.29, 0.717) is 25.2 Å². The minimum atomic E-state index is -0.145. The van der Waals surface area contributed by atoms with Crippen molar-refractivity contribution in [1.29, 1.82) is 0 Å². The molecule has 0 N–H and O–H groups in total. The molecule has 1 aliphatic carbocycles. The van der Waals surface area contributed by atoms with E-state index in [4.69, 9.17) is 4.52 Å². The lowest BCUT2D eigenvalue weighted by molar-refractivity contribution is -0.137. The summed E-state index contributed by atoms with van der Waals surface area (Å²) in [5, 5.41) is 4.02. The fourth-order valence-electron chi connectivity index (χ4n) is 5.42. The highest BCUT2D eigenvalue weighted by molar-refractivity contribution is 5.95. The first-order valence-corrected chi connectivity index (χ1v) is 11.3. The summed E-state index contributed by atoms with van der Waals surface area (Å²) in [7, 11) is 1.88. The molecule has 2 aromatic heterocycles. The third kappa shape index (κ3) is 4.23. The molecule has 1 spiro atoms. The van der Waals surface area contributed by atoms with Gasteiger partial charge >= 0.3 is 0 Å². The van der Waals surface area contributed by atoms with E-state index in [9.17, 15) is 9.59 Å². The molecule has 1 saturated carbocycles. The van der Waals surface area contributed by atoms with E-state index in [2.05, 4.69) is 10.1 Å². The molecule has 7 nitrogen and oxygen atoms in total. The topological polar surface area (TPSA) is 79.5 Å². The lowest BCUT2D eigenvalue weighted by Crippen LogP contribution is -2.43. The Bertz CT molecular complexity index is 914. The van der Waals surface area contributed by atoms with Gasteiger partial charge in [0.05, 0.1) is 11.6 Å². The summed E-state index contributed by atoms with van der Waals surface area (Å²) in [5.41, 5.74) is 2.50. The number of hydrogen-bond donors (Lipinski definition) is 0. The second-order valence-electron chi connectivity index (χ2n) is 9.21. The predicted molar refractivity (Wildman–Crippen MR) is 116 cm³/mol. The van der Waals surface area contributed by atoms with E-state index in [1.54, 1.807) is 24.5 Å². The quantitative estimate of drug-likeness (QED) is 0.735. The number of carbonyl (C=O) groups is 2. The second-order valence-corrected chi connectivity index (χ2v) is 9.21. The van der Waals surface area contributed by atoms with Gasteiger partial charge in [-0.1, -0.05) is 24.4 Å². The van der Waals surface area contributed by atoms with Crippen molar-refractivity contribution in [2.24, 2.45) is 11.3 Å². The van der Waals surface area contributed by atoms with Crippen LogP contribution in [0.15, 0.2) is 29.0 Å². The average Bonchev–Trinajstić information content (AvgIpc) is 3.31. The fraction of sp³-hybridized carbons (Fsp3) is 0.583. The van der Waals surface area contributed by atoms with Crippen LogP contribution in [0.1, 0.15) is 59.5 Å². The number of likely N-dealkylation sites (tertiary alicyclic amines) is 1. The molecule has 1 saturated heterocycles. The standard InChI is InChI=1S/C24H32N4O3/c1-17-20(18(2)31-26-17)9-14-27(3)23(30)21-15-28(16-24(21)10-5-4-6-11-24)22(29)19-7-12-25-13-8-19/h7-8,12-13,21H,4-6,9-11,14-16H2,1-3H3. The van der Waals surface area contributed by atoms with Crippen LogP contribution < -0.4 is 0 Å². The Balaban J connectivity index is 1.50. The number of carbonyl (C=O) groups excluding carboxylic acids is 2. The van der Waals surface area contributed by atoms with Crippen molar-refractivity contribution < 1.29 is 14.1 Å². The van der Waals surface area contributed by atoms with Crippen molar-refractivity contribution >= 4 is 11.8 Å². The highest BCUT2D eigenvalue weighted by Crippen LogP contribution is 2.48.